The molecule has 5 nitrogen and oxygen atoms in total. The fourth-order valence-corrected chi connectivity index (χ4v) is 4.74. The average Bonchev–Trinajstić information content (AvgIpc) is 2.85. The van der Waals surface area contributed by atoms with Crippen LogP contribution in [-0.4, -0.2) is 15.5 Å². The number of aromatic nitrogens is 2. The Kier molecular flexibility index (Phi) is 5.02. The number of carbonyl (C=O) groups is 1. The molecule has 7 heteroatoms. The molecule has 1 aromatic carbocycles. The third kappa shape index (κ3) is 3.35. The number of halogens is 1. The molecule has 0 bridgehead atoms. The molecule has 0 saturated heterocycles. The predicted molar refractivity (Wildman–Crippen MR) is 108 cm³/mol. The lowest BCUT2D eigenvalue weighted by molar-refractivity contribution is 0.0954. The van der Waals surface area contributed by atoms with Crippen LogP contribution in [0.4, 0.5) is 4.39 Å². The molecule has 0 aliphatic carbocycles. The van der Waals surface area contributed by atoms with Gasteiger partial charge in [-0.2, -0.15) is 0 Å². The monoisotopic (exact) mass is 399 g/mol. The first-order valence-electron chi connectivity index (χ1n) is 9.51. The van der Waals surface area contributed by atoms with Gasteiger partial charge in [-0.15, -0.1) is 11.3 Å². The molecule has 3 heterocycles. The maximum atomic E-state index is 13.7. The summed E-state index contributed by atoms with van der Waals surface area (Å²) in [5, 5.41) is 3.37. The SMILES string of the molecule is Cc1ccc(CNC(=O)c2sc3nc4n(c(=O)c3c2C)CCCCC4)cc1F. The van der Waals surface area contributed by atoms with Crippen LogP contribution in [0, 0.1) is 19.7 Å². The molecule has 1 N–H and O–H groups in total. The summed E-state index contributed by atoms with van der Waals surface area (Å²) >= 11 is 1.26. The Bertz CT molecular complexity index is 1130. The van der Waals surface area contributed by atoms with Gasteiger partial charge in [0.05, 0.1) is 10.3 Å². The summed E-state index contributed by atoms with van der Waals surface area (Å²) in [6, 6.07) is 4.92. The molecule has 1 aliphatic heterocycles. The smallest absolute Gasteiger partial charge is 0.262 e. The Morgan fingerprint density at radius 3 is 2.89 bits per heavy atom. The Hall–Kier alpha value is -2.54. The average molecular weight is 399 g/mol. The summed E-state index contributed by atoms with van der Waals surface area (Å²) < 4.78 is 15.5. The lowest BCUT2D eigenvalue weighted by atomic mass is 10.1. The minimum absolute atomic E-state index is 0.0460. The Morgan fingerprint density at radius 1 is 1.29 bits per heavy atom. The van der Waals surface area contributed by atoms with Gasteiger partial charge >= 0.3 is 0 Å². The van der Waals surface area contributed by atoms with Crippen molar-refractivity contribution in [3.8, 4) is 0 Å². The van der Waals surface area contributed by atoms with E-state index in [9.17, 15) is 14.0 Å². The first-order chi connectivity index (χ1) is 13.5. The number of hydrogen-bond donors (Lipinski definition) is 1. The van der Waals surface area contributed by atoms with E-state index in [1.165, 1.54) is 17.4 Å². The number of nitrogens with zero attached hydrogens (tertiary/aromatic N) is 2. The van der Waals surface area contributed by atoms with E-state index in [-0.39, 0.29) is 23.8 Å². The third-order valence-corrected chi connectivity index (χ3v) is 6.49. The van der Waals surface area contributed by atoms with Gasteiger partial charge in [0.2, 0.25) is 0 Å². The molecule has 2 aromatic heterocycles. The van der Waals surface area contributed by atoms with Crippen LogP contribution in [0.2, 0.25) is 0 Å². The lowest BCUT2D eigenvalue weighted by Crippen LogP contribution is -2.25. The number of fused-ring (bicyclic) bond motifs is 2. The molecule has 4 rings (SSSR count). The molecule has 0 fully saturated rings. The molecule has 0 unspecified atom stereocenters. The van der Waals surface area contributed by atoms with Crippen molar-refractivity contribution in [2.24, 2.45) is 0 Å². The van der Waals surface area contributed by atoms with Crippen LogP contribution >= 0.6 is 11.3 Å². The zero-order valence-corrected chi connectivity index (χ0v) is 16.8. The summed E-state index contributed by atoms with van der Waals surface area (Å²) in [4.78, 5) is 31.5. The van der Waals surface area contributed by atoms with Gasteiger partial charge in [0.15, 0.2) is 0 Å². The highest BCUT2D eigenvalue weighted by atomic mass is 32.1. The van der Waals surface area contributed by atoms with Gasteiger partial charge in [-0.1, -0.05) is 18.6 Å². The van der Waals surface area contributed by atoms with Crippen LogP contribution in [0.25, 0.3) is 10.2 Å². The minimum atomic E-state index is -0.288. The van der Waals surface area contributed by atoms with Crippen LogP contribution in [0.5, 0.6) is 0 Å². The van der Waals surface area contributed by atoms with Gasteiger partial charge in [-0.3, -0.25) is 14.2 Å². The number of rotatable bonds is 3. The third-order valence-electron chi connectivity index (χ3n) is 5.31. The summed E-state index contributed by atoms with van der Waals surface area (Å²) in [6.07, 6.45) is 3.90. The van der Waals surface area contributed by atoms with Crippen LogP contribution in [0.3, 0.4) is 0 Å². The molecule has 3 aromatic rings. The number of thiophene rings is 1. The quantitative estimate of drug-likeness (QED) is 0.727. The van der Waals surface area contributed by atoms with Crippen molar-refractivity contribution >= 4 is 27.5 Å². The number of amides is 1. The second-order valence-electron chi connectivity index (χ2n) is 7.30. The van der Waals surface area contributed by atoms with Crippen LogP contribution in [0.15, 0.2) is 23.0 Å². The van der Waals surface area contributed by atoms with Crippen LogP contribution in [0.1, 0.15) is 51.4 Å². The summed E-state index contributed by atoms with van der Waals surface area (Å²) in [6.45, 7) is 4.41. The van der Waals surface area contributed by atoms with E-state index < -0.39 is 0 Å². The molecule has 28 heavy (non-hydrogen) atoms. The molecule has 0 radical (unpaired) electrons. The van der Waals surface area contributed by atoms with Crippen molar-refractivity contribution in [1.29, 1.82) is 0 Å². The van der Waals surface area contributed by atoms with E-state index in [0.29, 0.717) is 38.3 Å². The normalized spacial score (nSPS) is 14.0. The minimum Gasteiger partial charge on any atom is -0.347 e. The van der Waals surface area contributed by atoms with E-state index >= 15 is 0 Å². The van der Waals surface area contributed by atoms with E-state index in [1.807, 2.05) is 0 Å². The van der Waals surface area contributed by atoms with Crippen molar-refractivity contribution in [3.05, 3.63) is 61.8 Å². The van der Waals surface area contributed by atoms with E-state index in [0.717, 1.165) is 31.5 Å². The van der Waals surface area contributed by atoms with Crippen LogP contribution in [-0.2, 0) is 19.5 Å². The second kappa shape index (κ2) is 7.47. The highest BCUT2D eigenvalue weighted by molar-refractivity contribution is 7.20. The summed E-state index contributed by atoms with van der Waals surface area (Å²) in [7, 11) is 0. The Labute approximate surface area is 166 Å². The van der Waals surface area contributed by atoms with Gasteiger partial charge in [0.1, 0.15) is 16.5 Å². The second-order valence-corrected chi connectivity index (χ2v) is 8.30. The zero-order valence-electron chi connectivity index (χ0n) is 16.0. The van der Waals surface area contributed by atoms with Crippen molar-refractivity contribution < 1.29 is 9.18 Å². The number of aryl methyl sites for hydroxylation is 3. The molecule has 146 valence electrons. The van der Waals surface area contributed by atoms with Gasteiger partial charge in [0.25, 0.3) is 11.5 Å². The topological polar surface area (TPSA) is 64.0 Å². The first-order valence-corrected chi connectivity index (χ1v) is 10.3. The zero-order chi connectivity index (χ0) is 19.8. The Balaban J connectivity index is 1.64. The number of benzene rings is 1. The van der Waals surface area contributed by atoms with Crippen LogP contribution < -0.4 is 10.9 Å². The molecular weight excluding hydrogens is 377 g/mol. The molecule has 0 atom stereocenters. The van der Waals surface area contributed by atoms with Crippen molar-refractivity contribution in [2.75, 3.05) is 0 Å². The van der Waals surface area contributed by atoms with E-state index in [1.54, 1.807) is 30.5 Å². The highest BCUT2D eigenvalue weighted by Crippen LogP contribution is 2.28. The molecule has 1 amide bonds. The van der Waals surface area contributed by atoms with Gasteiger partial charge in [-0.05, 0) is 49.4 Å². The lowest BCUT2D eigenvalue weighted by Gasteiger charge is -2.08. The van der Waals surface area contributed by atoms with Crippen molar-refractivity contribution in [1.82, 2.24) is 14.9 Å². The van der Waals surface area contributed by atoms with E-state index in [2.05, 4.69) is 5.32 Å². The maximum absolute atomic E-state index is 13.7. The molecular formula is C21H22FN3O2S. The standard InChI is InChI=1S/C21H22FN3O2S/c1-12-7-8-14(10-15(12)22)11-23-19(26)18-13(2)17-20(28-18)24-16-6-4-3-5-9-25(16)21(17)27/h7-8,10H,3-6,9,11H2,1-2H3,(H,23,26). The summed E-state index contributed by atoms with van der Waals surface area (Å²) in [5.74, 6) is 0.267. The van der Waals surface area contributed by atoms with Gasteiger partial charge in [0, 0.05) is 19.5 Å². The molecule has 0 saturated carbocycles. The molecule has 1 aliphatic rings. The van der Waals surface area contributed by atoms with Gasteiger partial charge < -0.3 is 5.32 Å². The fraction of sp³-hybridized carbons (Fsp3) is 0.381. The highest BCUT2D eigenvalue weighted by Gasteiger charge is 2.22. The van der Waals surface area contributed by atoms with Crippen molar-refractivity contribution in [3.63, 3.8) is 0 Å². The number of carbonyl (C=O) groups excluding carboxylic acids is 1. The molecule has 0 spiro atoms. The maximum Gasteiger partial charge on any atom is 0.262 e. The van der Waals surface area contributed by atoms with E-state index in [4.69, 9.17) is 4.98 Å². The summed E-state index contributed by atoms with van der Waals surface area (Å²) in [5.41, 5.74) is 1.89. The largest absolute Gasteiger partial charge is 0.347 e. The number of hydrogen-bond acceptors (Lipinski definition) is 4. The van der Waals surface area contributed by atoms with Gasteiger partial charge in [-0.25, -0.2) is 9.37 Å². The van der Waals surface area contributed by atoms with Crippen molar-refractivity contribution in [2.45, 2.75) is 52.6 Å². The predicted octanol–water partition coefficient (Wildman–Crippen LogP) is 3.87. The Morgan fingerprint density at radius 2 is 2.11 bits per heavy atom. The fourth-order valence-electron chi connectivity index (χ4n) is 3.64. The number of nitrogens with one attached hydrogen (secondary N) is 1. The first kappa shape index (κ1) is 18.8.